The molecule has 7 nitrogen and oxygen atoms in total. The number of aryl methyl sites for hydroxylation is 1. The van der Waals surface area contributed by atoms with Crippen molar-refractivity contribution in [1.29, 1.82) is 0 Å². The number of anilines is 1. The second-order valence-corrected chi connectivity index (χ2v) is 4.76. The van der Waals surface area contributed by atoms with Crippen LogP contribution in [-0.4, -0.2) is 34.2 Å². The van der Waals surface area contributed by atoms with Gasteiger partial charge in [0.15, 0.2) is 0 Å². The molecule has 114 valence electrons. The number of halogens is 1. The summed E-state index contributed by atoms with van der Waals surface area (Å²) in [5.41, 5.74) is 1.09. The van der Waals surface area contributed by atoms with Gasteiger partial charge in [-0.2, -0.15) is 0 Å². The molecule has 1 aromatic carbocycles. The lowest BCUT2D eigenvalue weighted by Gasteiger charge is -2.15. The summed E-state index contributed by atoms with van der Waals surface area (Å²) >= 11 is 5.94. The van der Waals surface area contributed by atoms with Crippen LogP contribution in [0, 0.1) is 6.92 Å². The third-order valence-electron chi connectivity index (χ3n) is 2.71. The number of para-hydroxylation sites is 1. The van der Waals surface area contributed by atoms with Crippen LogP contribution in [0.2, 0.25) is 5.02 Å². The standard InChI is InChI=1S/C13H15ClN2O5/c1-7-3-2-4-8(14)11(7)16-13(21)15-9(12(19)20)5-6-10(17)18/h2-4,9H,5-6H2,1H3,(H,17,18)(H,19,20)(H2,15,16,21)/t9-/m0/s1. The number of hydrogen-bond acceptors (Lipinski definition) is 3. The molecule has 0 unspecified atom stereocenters. The van der Waals surface area contributed by atoms with Crippen LogP contribution in [0.5, 0.6) is 0 Å². The van der Waals surface area contributed by atoms with Crippen LogP contribution in [-0.2, 0) is 9.59 Å². The quantitative estimate of drug-likeness (QED) is 0.641. The Morgan fingerprint density at radius 3 is 2.48 bits per heavy atom. The molecule has 1 aromatic rings. The van der Waals surface area contributed by atoms with E-state index >= 15 is 0 Å². The first-order valence-electron chi connectivity index (χ1n) is 6.08. The van der Waals surface area contributed by atoms with Crippen molar-refractivity contribution in [2.24, 2.45) is 0 Å². The Morgan fingerprint density at radius 1 is 1.29 bits per heavy atom. The van der Waals surface area contributed by atoms with Crippen LogP contribution in [0.3, 0.4) is 0 Å². The largest absolute Gasteiger partial charge is 0.481 e. The molecule has 0 aliphatic carbocycles. The fourth-order valence-electron chi connectivity index (χ4n) is 1.62. The van der Waals surface area contributed by atoms with Gasteiger partial charge in [-0.25, -0.2) is 9.59 Å². The number of hydrogen-bond donors (Lipinski definition) is 4. The summed E-state index contributed by atoms with van der Waals surface area (Å²) in [7, 11) is 0. The fraction of sp³-hybridized carbons (Fsp3) is 0.308. The number of nitrogens with one attached hydrogen (secondary N) is 2. The maximum atomic E-state index is 11.8. The zero-order chi connectivity index (χ0) is 16.0. The minimum absolute atomic E-state index is 0.209. The number of benzene rings is 1. The highest BCUT2D eigenvalue weighted by Crippen LogP contribution is 2.24. The van der Waals surface area contributed by atoms with Crippen molar-refractivity contribution in [3.8, 4) is 0 Å². The number of aliphatic carboxylic acids is 2. The highest BCUT2D eigenvalue weighted by Gasteiger charge is 2.21. The van der Waals surface area contributed by atoms with Crippen molar-refractivity contribution < 1.29 is 24.6 Å². The number of amides is 2. The fourth-order valence-corrected chi connectivity index (χ4v) is 1.89. The van der Waals surface area contributed by atoms with Gasteiger partial charge >= 0.3 is 18.0 Å². The maximum Gasteiger partial charge on any atom is 0.326 e. The molecule has 1 atom stereocenters. The summed E-state index contributed by atoms with van der Waals surface area (Å²) in [4.78, 5) is 33.2. The summed E-state index contributed by atoms with van der Waals surface area (Å²) in [6.07, 6.45) is -0.568. The van der Waals surface area contributed by atoms with Gasteiger partial charge in [0, 0.05) is 6.42 Å². The Balaban J connectivity index is 2.70. The van der Waals surface area contributed by atoms with E-state index in [2.05, 4.69) is 10.6 Å². The number of carboxylic acids is 2. The van der Waals surface area contributed by atoms with Gasteiger partial charge in [0.25, 0.3) is 0 Å². The number of carbonyl (C=O) groups excluding carboxylic acids is 1. The molecule has 0 saturated heterocycles. The first-order valence-corrected chi connectivity index (χ1v) is 6.46. The van der Waals surface area contributed by atoms with Gasteiger partial charge in [0.05, 0.1) is 10.7 Å². The molecule has 0 spiro atoms. The van der Waals surface area contributed by atoms with Gasteiger partial charge in [0.2, 0.25) is 0 Å². The molecule has 1 rings (SSSR count). The maximum absolute atomic E-state index is 11.8. The van der Waals surface area contributed by atoms with Crippen molar-refractivity contribution in [2.45, 2.75) is 25.8 Å². The minimum Gasteiger partial charge on any atom is -0.481 e. The predicted molar refractivity (Wildman–Crippen MR) is 76.6 cm³/mol. The summed E-state index contributed by atoms with van der Waals surface area (Å²) in [5.74, 6) is -2.44. The SMILES string of the molecule is Cc1cccc(Cl)c1NC(=O)N[C@@H](CCC(=O)O)C(=O)O. The Morgan fingerprint density at radius 2 is 1.95 bits per heavy atom. The van der Waals surface area contributed by atoms with Crippen molar-refractivity contribution in [3.05, 3.63) is 28.8 Å². The molecule has 4 N–H and O–H groups in total. The smallest absolute Gasteiger partial charge is 0.326 e. The first kappa shape index (κ1) is 16.8. The highest BCUT2D eigenvalue weighted by molar-refractivity contribution is 6.33. The molecule has 0 saturated carbocycles. The van der Waals surface area contributed by atoms with Gasteiger partial charge in [-0.05, 0) is 25.0 Å². The third kappa shape index (κ3) is 5.31. The summed E-state index contributed by atoms with van der Waals surface area (Å²) in [6.45, 7) is 1.74. The second kappa shape index (κ2) is 7.49. The van der Waals surface area contributed by atoms with Crippen molar-refractivity contribution in [1.82, 2.24) is 5.32 Å². The molecular formula is C13H15ClN2O5. The van der Waals surface area contributed by atoms with Crippen LogP contribution >= 0.6 is 11.6 Å². The van der Waals surface area contributed by atoms with E-state index in [-0.39, 0.29) is 12.8 Å². The zero-order valence-electron chi connectivity index (χ0n) is 11.2. The van der Waals surface area contributed by atoms with Crippen LogP contribution in [0.4, 0.5) is 10.5 Å². The molecule has 0 aromatic heterocycles. The van der Waals surface area contributed by atoms with Crippen molar-refractivity contribution in [2.75, 3.05) is 5.32 Å². The van der Waals surface area contributed by atoms with E-state index in [4.69, 9.17) is 21.8 Å². The van der Waals surface area contributed by atoms with Gasteiger partial charge < -0.3 is 20.8 Å². The van der Waals surface area contributed by atoms with Crippen LogP contribution in [0.15, 0.2) is 18.2 Å². The molecule has 0 radical (unpaired) electrons. The number of carbonyl (C=O) groups is 3. The molecule has 0 bridgehead atoms. The van der Waals surface area contributed by atoms with E-state index in [0.717, 1.165) is 5.56 Å². The zero-order valence-corrected chi connectivity index (χ0v) is 12.0. The van der Waals surface area contributed by atoms with E-state index < -0.39 is 24.0 Å². The number of carboxylic acid groups (broad SMARTS) is 2. The van der Waals surface area contributed by atoms with E-state index in [9.17, 15) is 14.4 Å². The van der Waals surface area contributed by atoms with E-state index in [0.29, 0.717) is 10.7 Å². The lowest BCUT2D eigenvalue weighted by atomic mass is 10.1. The monoisotopic (exact) mass is 314 g/mol. The Hall–Kier alpha value is -2.28. The molecule has 2 amide bonds. The molecule has 0 heterocycles. The second-order valence-electron chi connectivity index (χ2n) is 4.35. The predicted octanol–water partition coefficient (Wildman–Crippen LogP) is 2.09. The third-order valence-corrected chi connectivity index (χ3v) is 3.03. The summed E-state index contributed by atoms with van der Waals surface area (Å²) in [5, 5.41) is 22.5. The molecule has 0 aliphatic rings. The van der Waals surface area contributed by atoms with Crippen LogP contribution < -0.4 is 10.6 Å². The average molecular weight is 315 g/mol. The molecule has 8 heteroatoms. The minimum atomic E-state index is -1.30. The van der Waals surface area contributed by atoms with E-state index in [1.807, 2.05) is 0 Å². The highest BCUT2D eigenvalue weighted by atomic mass is 35.5. The van der Waals surface area contributed by atoms with Crippen LogP contribution in [0.25, 0.3) is 0 Å². The first-order chi connectivity index (χ1) is 9.81. The lowest BCUT2D eigenvalue weighted by Crippen LogP contribution is -2.43. The summed E-state index contributed by atoms with van der Waals surface area (Å²) in [6, 6.07) is 2.99. The van der Waals surface area contributed by atoms with E-state index in [1.165, 1.54) is 0 Å². The van der Waals surface area contributed by atoms with Gasteiger partial charge in [-0.15, -0.1) is 0 Å². The van der Waals surface area contributed by atoms with Crippen molar-refractivity contribution >= 4 is 35.3 Å². The lowest BCUT2D eigenvalue weighted by molar-refractivity contribution is -0.140. The Bertz CT molecular complexity index is 541. The van der Waals surface area contributed by atoms with Gasteiger partial charge in [0.1, 0.15) is 6.04 Å². The normalized spacial score (nSPS) is 11.5. The Labute approximate surface area is 125 Å². The van der Waals surface area contributed by atoms with Crippen molar-refractivity contribution in [3.63, 3.8) is 0 Å². The molecule has 0 fully saturated rings. The molecular weight excluding hydrogens is 300 g/mol. The Kier molecular flexibility index (Phi) is 5.98. The van der Waals surface area contributed by atoms with Gasteiger partial charge in [-0.1, -0.05) is 23.7 Å². The number of rotatable bonds is 6. The van der Waals surface area contributed by atoms with Crippen LogP contribution in [0.1, 0.15) is 18.4 Å². The topological polar surface area (TPSA) is 116 Å². The summed E-state index contributed by atoms with van der Waals surface area (Å²) < 4.78 is 0. The molecule has 21 heavy (non-hydrogen) atoms. The average Bonchev–Trinajstić information content (AvgIpc) is 2.38. The van der Waals surface area contributed by atoms with E-state index in [1.54, 1.807) is 25.1 Å². The van der Waals surface area contributed by atoms with Gasteiger partial charge in [-0.3, -0.25) is 4.79 Å². The number of urea groups is 1. The molecule has 0 aliphatic heterocycles.